The van der Waals surface area contributed by atoms with Crippen molar-refractivity contribution in [2.24, 2.45) is 5.92 Å². The van der Waals surface area contributed by atoms with Gasteiger partial charge in [-0.25, -0.2) is 0 Å². The summed E-state index contributed by atoms with van der Waals surface area (Å²) in [6, 6.07) is 14.9. The van der Waals surface area contributed by atoms with Gasteiger partial charge in [0.25, 0.3) is 5.91 Å². The van der Waals surface area contributed by atoms with Crippen molar-refractivity contribution < 1.29 is 24.2 Å². The quantitative estimate of drug-likeness (QED) is 0.368. The van der Waals surface area contributed by atoms with Gasteiger partial charge in [0.05, 0.1) is 24.8 Å². The molecule has 9 heteroatoms. The molecule has 0 aliphatic carbocycles. The highest BCUT2D eigenvalue weighted by atomic mass is 35.5. The molecule has 37 heavy (non-hydrogen) atoms. The normalized spacial score (nSPS) is 25.0. The minimum absolute atomic E-state index is 0.00871. The van der Waals surface area contributed by atoms with Gasteiger partial charge < -0.3 is 24.4 Å². The number of amides is 2. The van der Waals surface area contributed by atoms with Gasteiger partial charge >= 0.3 is 0 Å². The Balaban J connectivity index is 1.70. The molecule has 7 nitrogen and oxygen atoms in total. The number of aliphatic hydroxyl groups excluding tert-OH is 1. The molecule has 4 rings (SSSR count). The van der Waals surface area contributed by atoms with Crippen LogP contribution in [0.25, 0.3) is 0 Å². The van der Waals surface area contributed by atoms with Crippen LogP contribution in [0.3, 0.4) is 0 Å². The zero-order valence-corrected chi connectivity index (χ0v) is 23.3. The molecule has 0 unspecified atom stereocenters. The van der Waals surface area contributed by atoms with Crippen LogP contribution in [0.5, 0.6) is 0 Å². The Kier molecular flexibility index (Phi) is 7.97. The molecular weight excluding hydrogens is 508 g/mol. The topological polar surface area (TPSA) is 90.3 Å². The van der Waals surface area contributed by atoms with Gasteiger partial charge in [-0.2, -0.15) is 0 Å². The zero-order chi connectivity index (χ0) is 27.0. The van der Waals surface area contributed by atoms with Gasteiger partial charge in [0.15, 0.2) is 13.9 Å². The number of hydrogen-bond acceptors (Lipinski definition) is 5. The molecule has 0 saturated carbocycles. The molecule has 1 fully saturated rings. The Bertz CT molecular complexity index is 1170. The molecule has 2 N–H and O–H groups in total. The Labute approximate surface area is 224 Å². The lowest BCUT2D eigenvalue weighted by molar-refractivity contribution is -0.149. The highest BCUT2D eigenvalue weighted by molar-refractivity contribution is 6.71. The maximum atomic E-state index is 14.0. The highest BCUT2D eigenvalue weighted by Gasteiger charge is 2.66. The SMILES string of the molecule is C=CCN1C(=O)[C@@]2(O[C@@H](CC(=O)N(CCO)Cc3ccccc3)[C@H]([Si](C)(C)O)[C@H]2C)c2cc(Cl)ccc21. The molecule has 0 bridgehead atoms. The van der Waals surface area contributed by atoms with Crippen molar-refractivity contribution in [3.8, 4) is 0 Å². The fourth-order valence-electron chi connectivity index (χ4n) is 6.08. The number of carbonyl (C=O) groups excluding carboxylic acids is 2. The summed E-state index contributed by atoms with van der Waals surface area (Å²) in [5.41, 5.74) is 0.574. The number of anilines is 1. The first-order chi connectivity index (χ1) is 17.5. The molecule has 198 valence electrons. The van der Waals surface area contributed by atoms with Gasteiger partial charge in [-0.15, -0.1) is 6.58 Å². The number of nitrogens with zero attached hydrogens (tertiary/aromatic N) is 2. The van der Waals surface area contributed by atoms with E-state index in [1.165, 1.54) is 0 Å². The van der Waals surface area contributed by atoms with E-state index in [0.29, 0.717) is 29.4 Å². The number of aliphatic hydroxyl groups is 1. The van der Waals surface area contributed by atoms with Gasteiger partial charge in [-0.05, 0) is 36.9 Å². The molecule has 1 spiro atoms. The van der Waals surface area contributed by atoms with E-state index in [1.807, 2.05) is 56.4 Å². The predicted octanol–water partition coefficient (Wildman–Crippen LogP) is 4.08. The van der Waals surface area contributed by atoms with Crippen LogP contribution >= 0.6 is 11.6 Å². The minimum atomic E-state index is -2.91. The zero-order valence-electron chi connectivity index (χ0n) is 21.6. The summed E-state index contributed by atoms with van der Waals surface area (Å²) < 4.78 is 6.66. The highest BCUT2D eigenvalue weighted by Crippen LogP contribution is 2.59. The second-order valence-corrected chi connectivity index (χ2v) is 14.9. The van der Waals surface area contributed by atoms with Crippen LogP contribution in [0.2, 0.25) is 23.7 Å². The molecule has 2 amide bonds. The van der Waals surface area contributed by atoms with Crippen LogP contribution in [-0.2, 0) is 26.5 Å². The smallest absolute Gasteiger partial charge is 0.264 e. The van der Waals surface area contributed by atoms with Crippen LogP contribution in [0, 0.1) is 5.92 Å². The first kappa shape index (κ1) is 27.5. The lowest BCUT2D eigenvalue weighted by Gasteiger charge is -2.32. The van der Waals surface area contributed by atoms with E-state index < -0.39 is 25.9 Å². The fourth-order valence-corrected chi connectivity index (χ4v) is 8.80. The second kappa shape index (κ2) is 10.7. The lowest BCUT2D eigenvalue weighted by Crippen LogP contribution is -2.46. The summed E-state index contributed by atoms with van der Waals surface area (Å²) in [4.78, 5) is 42.2. The number of hydrogen-bond donors (Lipinski definition) is 2. The van der Waals surface area contributed by atoms with Crippen molar-refractivity contribution in [2.75, 3.05) is 24.6 Å². The van der Waals surface area contributed by atoms with Crippen molar-refractivity contribution in [3.63, 3.8) is 0 Å². The molecule has 2 aromatic carbocycles. The monoisotopic (exact) mass is 542 g/mol. The molecule has 1 saturated heterocycles. The molecule has 2 aliphatic heterocycles. The van der Waals surface area contributed by atoms with Gasteiger partial charge in [0.1, 0.15) is 0 Å². The van der Waals surface area contributed by atoms with E-state index in [9.17, 15) is 19.5 Å². The Hall–Kier alpha value is -2.49. The van der Waals surface area contributed by atoms with E-state index >= 15 is 0 Å². The third-order valence-electron chi connectivity index (χ3n) is 7.57. The van der Waals surface area contributed by atoms with E-state index in [-0.39, 0.29) is 36.9 Å². The molecule has 0 aromatic heterocycles. The fraction of sp³-hybridized carbons (Fsp3) is 0.429. The number of rotatable bonds is 9. The van der Waals surface area contributed by atoms with Crippen LogP contribution < -0.4 is 4.90 Å². The van der Waals surface area contributed by atoms with Gasteiger partial charge in [-0.3, -0.25) is 9.59 Å². The average Bonchev–Trinajstić information content (AvgIpc) is 3.26. The summed E-state index contributed by atoms with van der Waals surface area (Å²) in [6.45, 7) is 10.0. The summed E-state index contributed by atoms with van der Waals surface area (Å²) in [5.74, 6) is -0.820. The van der Waals surface area contributed by atoms with E-state index in [0.717, 1.165) is 5.56 Å². The number of benzene rings is 2. The molecule has 2 aliphatic rings. The van der Waals surface area contributed by atoms with E-state index in [4.69, 9.17) is 16.3 Å². The minimum Gasteiger partial charge on any atom is -0.432 e. The molecule has 4 atom stereocenters. The van der Waals surface area contributed by atoms with Crippen molar-refractivity contribution in [1.29, 1.82) is 0 Å². The van der Waals surface area contributed by atoms with Crippen molar-refractivity contribution in [2.45, 2.75) is 50.2 Å². The van der Waals surface area contributed by atoms with Crippen molar-refractivity contribution in [3.05, 3.63) is 77.3 Å². The van der Waals surface area contributed by atoms with Crippen LogP contribution in [0.15, 0.2) is 61.2 Å². The largest absolute Gasteiger partial charge is 0.432 e. The molecule has 2 heterocycles. The van der Waals surface area contributed by atoms with E-state index in [1.54, 1.807) is 28.0 Å². The maximum absolute atomic E-state index is 14.0. The first-order valence-corrected chi connectivity index (χ1v) is 16.0. The van der Waals surface area contributed by atoms with Crippen LogP contribution in [-0.4, -0.2) is 60.7 Å². The Morgan fingerprint density at radius 3 is 2.59 bits per heavy atom. The third kappa shape index (κ3) is 5.01. The average molecular weight is 543 g/mol. The number of halogens is 1. The molecule has 0 radical (unpaired) electrons. The third-order valence-corrected chi connectivity index (χ3v) is 10.3. The van der Waals surface area contributed by atoms with Crippen LogP contribution in [0.4, 0.5) is 5.69 Å². The predicted molar refractivity (Wildman–Crippen MR) is 147 cm³/mol. The molecule has 2 aromatic rings. The summed E-state index contributed by atoms with van der Waals surface area (Å²) >= 11 is 6.37. The summed E-state index contributed by atoms with van der Waals surface area (Å²) in [7, 11) is -2.91. The maximum Gasteiger partial charge on any atom is 0.264 e. The van der Waals surface area contributed by atoms with Gasteiger partial charge in [0, 0.05) is 41.7 Å². The summed E-state index contributed by atoms with van der Waals surface area (Å²) in [5, 5.41) is 10.1. The Morgan fingerprint density at radius 1 is 1.27 bits per heavy atom. The van der Waals surface area contributed by atoms with Gasteiger partial charge in [-0.1, -0.05) is 54.9 Å². The number of ether oxygens (including phenoxy) is 1. The van der Waals surface area contributed by atoms with Crippen molar-refractivity contribution >= 4 is 37.4 Å². The standard InChI is InChI=1S/C28H35ClN2O5Si/c1-5-13-31-23-12-11-21(29)16-22(23)28(27(31)34)19(2)26(37(3,4)35)24(36-28)17-25(33)30(14-15-32)18-20-9-7-6-8-10-20/h5-12,16,19,24,26,32,35H,1,13-15,17-18H2,2-4H3/t19-,24+,26-,28+/m1/s1. The number of carbonyl (C=O) groups is 2. The second-order valence-electron chi connectivity index (χ2n) is 10.5. The van der Waals surface area contributed by atoms with Crippen molar-refractivity contribution in [1.82, 2.24) is 4.90 Å². The lowest BCUT2D eigenvalue weighted by atomic mass is 9.82. The molecular formula is C28H35ClN2O5Si. The Morgan fingerprint density at radius 2 is 1.97 bits per heavy atom. The summed E-state index contributed by atoms with van der Waals surface area (Å²) in [6.07, 6.45) is 0.977. The van der Waals surface area contributed by atoms with E-state index in [2.05, 4.69) is 6.58 Å². The van der Waals surface area contributed by atoms with Crippen LogP contribution in [0.1, 0.15) is 24.5 Å². The first-order valence-electron chi connectivity index (χ1n) is 12.6. The van der Waals surface area contributed by atoms with Gasteiger partial charge in [0.2, 0.25) is 5.91 Å². The number of fused-ring (bicyclic) bond motifs is 2.